The second-order valence-electron chi connectivity index (χ2n) is 4.81. The normalized spacial score (nSPS) is 19.0. The third-order valence-electron chi connectivity index (χ3n) is 3.30. The van der Waals surface area contributed by atoms with Gasteiger partial charge < -0.3 is 4.42 Å². The standard InChI is InChI=1S/C16H10N4O2S/c17-13-11(9-10-5-2-1-3-6-10)14(21)18-16-20(13)19-15(23-16)12-7-4-8-22-12/h1-9,17H. The zero-order chi connectivity index (χ0) is 15.8. The number of hydrazone groups is 1. The smallest absolute Gasteiger partial charge is 0.283 e. The largest absolute Gasteiger partial charge is 0.462 e. The van der Waals surface area contributed by atoms with Crippen LogP contribution in [-0.2, 0) is 4.79 Å². The van der Waals surface area contributed by atoms with Crippen LogP contribution in [0.5, 0.6) is 0 Å². The molecule has 2 aromatic rings. The van der Waals surface area contributed by atoms with E-state index in [1.165, 1.54) is 16.8 Å². The maximum Gasteiger partial charge on any atom is 0.283 e. The van der Waals surface area contributed by atoms with Crippen LogP contribution < -0.4 is 0 Å². The third kappa shape index (κ3) is 2.40. The number of hydrogen-bond acceptors (Lipinski definition) is 5. The minimum atomic E-state index is -0.437. The molecule has 2 aliphatic rings. The molecule has 0 bridgehead atoms. The lowest BCUT2D eigenvalue weighted by Crippen LogP contribution is -2.35. The molecule has 0 saturated heterocycles. The van der Waals surface area contributed by atoms with Crippen LogP contribution in [0.25, 0.3) is 6.08 Å². The monoisotopic (exact) mass is 322 g/mol. The van der Waals surface area contributed by atoms with E-state index in [1.807, 2.05) is 30.3 Å². The molecule has 3 heterocycles. The Bertz CT molecular complexity index is 882. The third-order valence-corrected chi connectivity index (χ3v) is 4.22. The quantitative estimate of drug-likeness (QED) is 0.862. The number of hydrogen-bond donors (Lipinski definition) is 1. The van der Waals surface area contributed by atoms with E-state index >= 15 is 0 Å². The Hall–Kier alpha value is -2.93. The fraction of sp³-hybridized carbons (Fsp3) is 0. The van der Waals surface area contributed by atoms with E-state index in [4.69, 9.17) is 9.83 Å². The van der Waals surface area contributed by atoms with Gasteiger partial charge in [0.15, 0.2) is 16.6 Å². The van der Waals surface area contributed by atoms with Gasteiger partial charge >= 0.3 is 0 Å². The molecule has 0 saturated carbocycles. The van der Waals surface area contributed by atoms with Crippen LogP contribution >= 0.6 is 11.8 Å². The molecule has 0 unspecified atom stereocenters. The van der Waals surface area contributed by atoms with Gasteiger partial charge in [-0.25, -0.2) is 0 Å². The van der Waals surface area contributed by atoms with Gasteiger partial charge in [0.25, 0.3) is 5.91 Å². The summed E-state index contributed by atoms with van der Waals surface area (Å²) in [6, 6.07) is 12.9. The van der Waals surface area contributed by atoms with E-state index in [-0.39, 0.29) is 11.4 Å². The molecule has 0 fully saturated rings. The zero-order valence-electron chi connectivity index (χ0n) is 11.8. The van der Waals surface area contributed by atoms with Crippen molar-refractivity contribution in [3.8, 4) is 0 Å². The maximum absolute atomic E-state index is 12.2. The predicted molar refractivity (Wildman–Crippen MR) is 89.3 cm³/mol. The Morgan fingerprint density at radius 1 is 1.17 bits per heavy atom. The predicted octanol–water partition coefficient (Wildman–Crippen LogP) is 2.95. The first kappa shape index (κ1) is 13.7. The van der Waals surface area contributed by atoms with Gasteiger partial charge in [-0.15, -0.1) is 0 Å². The Kier molecular flexibility index (Phi) is 3.20. The van der Waals surface area contributed by atoms with Gasteiger partial charge in [-0.1, -0.05) is 30.3 Å². The number of amidine groups is 2. The molecular formula is C16H10N4O2S. The van der Waals surface area contributed by atoms with Gasteiger partial charge in [0.1, 0.15) is 0 Å². The van der Waals surface area contributed by atoms with Gasteiger partial charge in [0.2, 0.25) is 5.17 Å². The summed E-state index contributed by atoms with van der Waals surface area (Å²) in [6.07, 6.45) is 3.20. The minimum Gasteiger partial charge on any atom is -0.462 e. The summed E-state index contributed by atoms with van der Waals surface area (Å²) >= 11 is 1.21. The Morgan fingerprint density at radius 3 is 2.74 bits per heavy atom. The molecule has 1 amide bonds. The lowest BCUT2D eigenvalue weighted by atomic mass is 10.1. The highest BCUT2D eigenvalue weighted by atomic mass is 32.2. The number of amides is 1. The van der Waals surface area contributed by atoms with Gasteiger partial charge in [-0.2, -0.15) is 15.1 Å². The lowest BCUT2D eigenvalue weighted by Gasteiger charge is -2.20. The highest BCUT2D eigenvalue weighted by molar-refractivity contribution is 8.27. The van der Waals surface area contributed by atoms with E-state index in [0.29, 0.717) is 16.0 Å². The van der Waals surface area contributed by atoms with Crippen LogP contribution in [-0.4, -0.2) is 27.0 Å². The molecule has 0 spiro atoms. The van der Waals surface area contributed by atoms with Crippen molar-refractivity contribution in [3.63, 3.8) is 0 Å². The van der Waals surface area contributed by atoms with Crippen molar-refractivity contribution in [2.45, 2.75) is 0 Å². The fourth-order valence-electron chi connectivity index (χ4n) is 2.21. The molecule has 1 N–H and O–H groups in total. The Morgan fingerprint density at radius 2 is 2.00 bits per heavy atom. The maximum atomic E-state index is 12.2. The molecular weight excluding hydrogens is 312 g/mol. The average Bonchev–Trinajstić information content (AvgIpc) is 3.21. The second kappa shape index (κ2) is 5.36. The molecule has 7 heteroatoms. The average molecular weight is 322 g/mol. The summed E-state index contributed by atoms with van der Waals surface area (Å²) in [7, 11) is 0. The number of fused-ring (bicyclic) bond motifs is 1. The second-order valence-corrected chi connectivity index (χ2v) is 5.77. The summed E-state index contributed by atoms with van der Waals surface area (Å²) in [5.74, 6) is 0.160. The summed E-state index contributed by atoms with van der Waals surface area (Å²) < 4.78 is 5.30. The van der Waals surface area contributed by atoms with Crippen molar-refractivity contribution >= 4 is 39.8 Å². The van der Waals surface area contributed by atoms with Crippen LogP contribution in [0.4, 0.5) is 0 Å². The number of furan rings is 1. The summed E-state index contributed by atoms with van der Waals surface area (Å²) in [4.78, 5) is 16.3. The van der Waals surface area contributed by atoms with E-state index in [2.05, 4.69) is 10.1 Å². The first-order chi connectivity index (χ1) is 11.2. The topological polar surface area (TPSA) is 82.0 Å². The molecule has 0 radical (unpaired) electrons. The number of nitrogens with zero attached hydrogens (tertiary/aromatic N) is 3. The number of thioether (sulfide) groups is 1. The summed E-state index contributed by atoms with van der Waals surface area (Å²) in [5, 5.41) is 14.9. The SMILES string of the molecule is N=C1C(=Cc2ccccc2)C(=O)N=C2SC(c3ccco3)=NN12. The van der Waals surface area contributed by atoms with Crippen molar-refractivity contribution < 1.29 is 9.21 Å². The number of carbonyl (C=O) groups excluding carboxylic acids is 1. The Balaban J connectivity index is 1.71. The van der Waals surface area contributed by atoms with Crippen molar-refractivity contribution in [1.82, 2.24) is 5.01 Å². The van der Waals surface area contributed by atoms with Crippen LogP contribution in [0.15, 0.2) is 68.8 Å². The molecule has 23 heavy (non-hydrogen) atoms. The van der Waals surface area contributed by atoms with Crippen LogP contribution in [0.1, 0.15) is 11.3 Å². The van der Waals surface area contributed by atoms with E-state index < -0.39 is 5.91 Å². The van der Waals surface area contributed by atoms with Crippen LogP contribution in [0.2, 0.25) is 0 Å². The molecule has 6 nitrogen and oxygen atoms in total. The van der Waals surface area contributed by atoms with Crippen LogP contribution in [0, 0.1) is 5.41 Å². The molecule has 1 aromatic heterocycles. The highest BCUT2D eigenvalue weighted by Crippen LogP contribution is 2.30. The summed E-state index contributed by atoms with van der Waals surface area (Å²) in [6.45, 7) is 0. The van der Waals surface area contributed by atoms with Crippen molar-refractivity contribution in [2.75, 3.05) is 0 Å². The molecule has 0 aliphatic carbocycles. The Labute approximate surface area is 135 Å². The number of carbonyl (C=O) groups is 1. The fourth-order valence-corrected chi connectivity index (χ4v) is 3.07. The van der Waals surface area contributed by atoms with Gasteiger partial charge in [0, 0.05) is 0 Å². The number of nitrogens with one attached hydrogen (secondary N) is 1. The molecule has 0 atom stereocenters. The molecule has 112 valence electrons. The van der Waals surface area contributed by atoms with Gasteiger partial charge in [-0.3, -0.25) is 10.2 Å². The van der Waals surface area contributed by atoms with Crippen molar-refractivity contribution in [2.24, 2.45) is 10.1 Å². The zero-order valence-corrected chi connectivity index (χ0v) is 12.6. The minimum absolute atomic E-state index is 0.0120. The summed E-state index contributed by atoms with van der Waals surface area (Å²) in [5.41, 5.74) is 1.05. The van der Waals surface area contributed by atoms with Gasteiger partial charge in [0.05, 0.1) is 11.8 Å². The van der Waals surface area contributed by atoms with Gasteiger partial charge in [-0.05, 0) is 35.5 Å². The first-order valence-electron chi connectivity index (χ1n) is 6.81. The molecule has 4 rings (SSSR count). The highest BCUT2D eigenvalue weighted by Gasteiger charge is 2.36. The number of aliphatic imine (C=N–C) groups is 1. The van der Waals surface area contributed by atoms with Crippen molar-refractivity contribution in [1.29, 1.82) is 5.41 Å². The van der Waals surface area contributed by atoms with Crippen LogP contribution in [0.3, 0.4) is 0 Å². The van der Waals surface area contributed by atoms with E-state index in [0.717, 1.165) is 5.56 Å². The molecule has 1 aromatic carbocycles. The first-order valence-corrected chi connectivity index (χ1v) is 7.63. The van der Waals surface area contributed by atoms with Crippen molar-refractivity contribution in [3.05, 3.63) is 65.6 Å². The van der Waals surface area contributed by atoms with E-state index in [9.17, 15) is 4.79 Å². The molecule has 2 aliphatic heterocycles. The number of benzene rings is 1. The number of rotatable bonds is 2. The lowest BCUT2D eigenvalue weighted by molar-refractivity contribution is -0.114. The van der Waals surface area contributed by atoms with E-state index in [1.54, 1.807) is 24.5 Å².